The number of unbranched alkanes of at least 4 members (excludes halogenated alkanes) is 7. The van der Waals surface area contributed by atoms with Crippen LogP contribution in [0.2, 0.25) is 0 Å². The summed E-state index contributed by atoms with van der Waals surface area (Å²) in [5.41, 5.74) is 0. The Morgan fingerprint density at radius 1 is 0.708 bits per heavy atom. The Labute approximate surface area is 147 Å². The largest absolute Gasteiger partial charge is 0.394 e. The molecule has 0 aromatic heterocycles. The molecule has 0 aromatic carbocycles. The molecular weight excluding hydrogens is 310 g/mol. The van der Waals surface area contributed by atoms with Gasteiger partial charge in [-0.1, -0.05) is 45.4 Å². The van der Waals surface area contributed by atoms with Crippen molar-refractivity contribution in [2.75, 3.05) is 33.8 Å². The number of hydrogen-bond acceptors (Lipinski definition) is 5. The van der Waals surface area contributed by atoms with Crippen molar-refractivity contribution < 1.29 is 30.0 Å². The number of likely N-dealkylation sites (N-methyl/N-ethyl adjacent to an activating group) is 1. The van der Waals surface area contributed by atoms with Crippen LogP contribution in [0.15, 0.2) is 0 Å². The summed E-state index contributed by atoms with van der Waals surface area (Å²) >= 11 is 0. The van der Waals surface area contributed by atoms with Gasteiger partial charge in [0.1, 0.15) is 31.0 Å². The predicted molar refractivity (Wildman–Crippen MR) is 95.6 cm³/mol. The molecule has 0 rings (SSSR count). The monoisotopic (exact) mass is 350 g/mol. The minimum Gasteiger partial charge on any atom is -0.394 e. The van der Waals surface area contributed by atoms with Gasteiger partial charge in [-0.25, -0.2) is 0 Å². The third-order valence-corrected chi connectivity index (χ3v) is 4.62. The van der Waals surface area contributed by atoms with E-state index in [0.29, 0.717) is 4.48 Å². The van der Waals surface area contributed by atoms with Gasteiger partial charge in [-0.3, -0.25) is 0 Å². The zero-order valence-electron chi connectivity index (χ0n) is 15.8. The fraction of sp³-hybridized carbons (Fsp3) is 1.00. The second kappa shape index (κ2) is 13.0. The molecule has 0 saturated heterocycles. The Balaban J connectivity index is 3.98. The molecular formula is C18H40NO5+. The van der Waals surface area contributed by atoms with Crippen molar-refractivity contribution in [1.82, 2.24) is 0 Å². The molecule has 0 unspecified atom stereocenters. The Hall–Kier alpha value is -0.240. The second-order valence-corrected chi connectivity index (χ2v) is 7.62. The van der Waals surface area contributed by atoms with Crippen molar-refractivity contribution in [1.29, 1.82) is 0 Å². The molecule has 6 nitrogen and oxygen atoms in total. The van der Waals surface area contributed by atoms with Crippen molar-refractivity contribution >= 4 is 0 Å². The van der Waals surface area contributed by atoms with Crippen LogP contribution < -0.4 is 0 Å². The molecule has 0 radical (unpaired) electrons. The lowest BCUT2D eigenvalue weighted by Crippen LogP contribution is -2.54. The molecule has 0 aromatic rings. The van der Waals surface area contributed by atoms with Crippen LogP contribution >= 0.6 is 0 Å². The summed E-state index contributed by atoms with van der Waals surface area (Å²) in [6, 6.07) is 0. The van der Waals surface area contributed by atoms with E-state index in [9.17, 15) is 20.4 Å². The molecule has 6 heteroatoms. The second-order valence-electron chi connectivity index (χ2n) is 7.62. The summed E-state index contributed by atoms with van der Waals surface area (Å²) < 4.78 is 0.538. The Morgan fingerprint density at radius 3 is 1.67 bits per heavy atom. The van der Waals surface area contributed by atoms with Crippen molar-refractivity contribution in [3.8, 4) is 0 Å². The highest BCUT2D eigenvalue weighted by Gasteiger charge is 2.33. The molecule has 0 aliphatic rings. The standard InChI is InChI=1S/C18H40NO5/c1-4-5-6-7-8-9-10-11-12-19(2,3)13-15(21)17(23)18(24)16(22)14-20/h15-18,20-24H,4-14H2,1-3H3/q+1/t15-,16-,17-,18-/m0/s1. The third-order valence-electron chi connectivity index (χ3n) is 4.62. The molecule has 0 spiro atoms. The van der Waals surface area contributed by atoms with Crippen molar-refractivity contribution in [3.05, 3.63) is 0 Å². The van der Waals surface area contributed by atoms with Crippen molar-refractivity contribution in [2.45, 2.75) is 82.7 Å². The van der Waals surface area contributed by atoms with Crippen molar-refractivity contribution in [2.24, 2.45) is 0 Å². The molecule has 0 bridgehead atoms. The van der Waals surface area contributed by atoms with Gasteiger partial charge in [0.15, 0.2) is 0 Å². The van der Waals surface area contributed by atoms with E-state index in [1.54, 1.807) is 0 Å². The average Bonchev–Trinajstić information content (AvgIpc) is 2.54. The molecule has 0 amide bonds. The maximum absolute atomic E-state index is 10.1. The Bertz CT molecular complexity index is 301. The zero-order valence-corrected chi connectivity index (χ0v) is 15.8. The van der Waals surface area contributed by atoms with Crippen LogP contribution in [0.3, 0.4) is 0 Å². The molecule has 0 saturated carbocycles. The fourth-order valence-electron chi connectivity index (χ4n) is 2.94. The van der Waals surface area contributed by atoms with E-state index >= 15 is 0 Å². The number of quaternary nitrogens is 1. The number of hydrogen-bond donors (Lipinski definition) is 5. The van der Waals surface area contributed by atoms with Gasteiger partial charge in [-0.05, 0) is 12.8 Å². The SMILES string of the molecule is CCCCCCCCCC[N+](C)(C)C[C@H](O)[C@H](O)[C@@H](O)[C@@H](O)CO. The topological polar surface area (TPSA) is 101 Å². The van der Waals surface area contributed by atoms with Crippen LogP contribution in [0.5, 0.6) is 0 Å². The van der Waals surface area contributed by atoms with Crippen LogP contribution in [0, 0.1) is 0 Å². The van der Waals surface area contributed by atoms with Crippen LogP contribution in [-0.2, 0) is 0 Å². The van der Waals surface area contributed by atoms with Gasteiger partial charge in [-0.2, -0.15) is 0 Å². The summed E-state index contributed by atoms with van der Waals surface area (Å²) in [5, 5.41) is 47.8. The zero-order chi connectivity index (χ0) is 18.6. The van der Waals surface area contributed by atoms with Crippen LogP contribution in [0.4, 0.5) is 0 Å². The molecule has 0 fully saturated rings. The number of aliphatic hydroxyl groups excluding tert-OH is 5. The molecule has 4 atom stereocenters. The van der Waals surface area contributed by atoms with E-state index in [1.807, 2.05) is 14.1 Å². The summed E-state index contributed by atoms with van der Waals surface area (Å²) in [4.78, 5) is 0. The first-order chi connectivity index (χ1) is 11.2. The quantitative estimate of drug-likeness (QED) is 0.220. The summed E-state index contributed by atoms with van der Waals surface area (Å²) in [6.45, 7) is 2.74. The first-order valence-corrected chi connectivity index (χ1v) is 9.40. The summed E-state index contributed by atoms with van der Waals surface area (Å²) in [6.07, 6.45) is 4.34. The Morgan fingerprint density at radius 2 is 1.17 bits per heavy atom. The molecule has 24 heavy (non-hydrogen) atoms. The molecule has 0 heterocycles. The van der Waals surface area contributed by atoms with Crippen LogP contribution in [-0.4, -0.2) is 88.2 Å². The van der Waals surface area contributed by atoms with Crippen molar-refractivity contribution in [3.63, 3.8) is 0 Å². The van der Waals surface area contributed by atoms with Gasteiger partial charge < -0.3 is 30.0 Å². The summed E-state index contributed by atoms with van der Waals surface area (Å²) in [7, 11) is 3.96. The average molecular weight is 351 g/mol. The normalized spacial score (nSPS) is 17.5. The smallest absolute Gasteiger partial charge is 0.131 e. The van der Waals surface area contributed by atoms with E-state index < -0.39 is 31.0 Å². The van der Waals surface area contributed by atoms with Gasteiger partial charge in [0.2, 0.25) is 0 Å². The van der Waals surface area contributed by atoms with Gasteiger partial charge in [0.25, 0.3) is 0 Å². The predicted octanol–water partition coefficient (Wildman–Crippen LogP) is 0.639. The maximum Gasteiger partial charge on any atom is 0.131 e. The maximum atomic E-state index is 10.1. The molecule has 5 N–H and O–H groups in total. The lowest BCUT2D eigenvalue weighted by Gasteiger charge is -2.34. The highest BCUT2D eigenvalue weighted by Crippen LogP contribution is 2.13. The molecule has 146 valence electrons. The highest BCUT2D eigenvalue weighted by molar-refractivity contribution is 4.80. The number of rotatable bonds is 15. The minimum atomic E-state index is -1.55. The summed E-state index contributed by atoms with van der Waals surface area (Å²) in [5.74, 6) is 0. The minimum absolute atomic E-state index is 0.285. The highest BCUT2D eigenvalue weighted by atomic mass is 16.4. The van der Waals surface area contributed by atoms with Gasteiger partial charge in [0.05, 0.1) is 27.2 Å². The van der Waals surface area contributed by atoms with Crippen LogP contribution in [0.1, 0.15) is 58.3 Å². The lowest BCUT2D eigenvalue weighted by molar-refractivity contribution is -0.894. The third kappa shape index (κ3) is 10.6. The fourth-order valence-corrected chi connectivity index (χ4v) is 2.94. The van der Waals surface area contributed by atoms with Crippen LogP contribution in [0.25, 0.3) is 0 Å². The first-order valence-electron chi connectivity index (χ1n) is 9.40. The van der Waals surface area contributed by atoms with E-state index in [1.165, 1.54) is 38.5 Å². The van der Waals surface area contributed by atoms with Gasteiger partial charge in [-0.15, -0.1) is 0 Å². The molecule has 0 aliphatic carbocycles. The lowest BCUT2D eigenvalue weighted by atomic mass is 10.0. The number of nitrogens with zero attached hydrogens (tertiary/aromatic N) is 1. The first kappa shape index (κ1) is 23.8. The van der Waals surface area contributed by atoms with E-state index in [4.69, 9.17) is 5.11 Å². The van der Waals surface area contributed by atoms with E-state index in [2.05, 4.69) is 6.92 Å². The van der Waals surface area contributed by atoms with E-state index in [0.717, 1.165) is 19.4 Å². The van der Waals surface area contributed by atoms with Gasteiger partial charge >= 0.3 is 0 Å². The molecule has 0 aliphatic heterocycles. The number of aliphatic hydroxyl groups is 5. The van der Waals surface area contributed by atoms with Gasteiger partial charge in [0, 0.05) is 0 Å². The van der Waals surface area contributed by atoms with E-state index in [-0.39, 0.29) is 6.54 Å². The Kier molecular flexibility index (Phi) is 12.9.